The van der Waals surface area contributed by atoms with Crippen molar-refractivity contribution < 1.29 is 28.3 Å². The molecule has 2 amide bonds. The van der Waals surface area contributed by atoms with Crippen LogP contribution < -0.4 is 10.2 Å². The fraction of sp³-hybridized carbons (Fsp3) is 0.514. The molecule has 1 saturated heterocycles. The monoisotopic (exact) mass is 659 g/mol. The number of ketones is 1. The van der Waals surface area contributed by atoms with Crippen LogP contribution in [0.15, 0.2) is 60.7 Å². The number of hydrogen-bond donors (Lipinski definition) is 1. The van der Waals surface area contributed by atoms with Crippen molar-refractivity contribution in [2.75, 3.05) is 13.2 Å². The minimum atomic E-state index is -0.883. The Morgan fingerprint density at radius 2 is 1.94 bits per heavy atom. The molecule has 2 aliphatic carbocycles. The van der Waals surface area contributed by atoms with E-state index in [1.54, 1.807) is 11.0 Å². The van der Waals surface area contributed by atoms with Gasteiger partial charge in [-0.2, -0.15) is 0 Å². The van der Waals surface area contributed by atoms with Crippen LogP contribution in [0.5, 0.6) is 5.19 Å². The molecule has 0 bridgehead atoms. The molecule has 1 aromatic heterocycles. The third kappa shape index (κ3) is 7.44. The molecule has 2 aromatic carbocycles. The van der Waals surface area contributed by atoms with E-state index in [1.807, 2.05) is 30.3 Å². The first-order valence-electron chi connectivity index (χ1n) is 17.1. The van der Waals surface area contributed by atoms with Crippen molar-refractivity contribution in [2.45, 2.75) is 82.8 Å². The number of thiazole rings is 1. The number of nitrogens with one attached hydrogen (secondary N) is 1. The minimum Gasteiger partial charge on any atom is -0.465 e. The number of Topliss-reactive ketones (excluding diaryl/α,β-unsaturated/α-hetero) is 1. The van der Waals surface area contributed by atoms with E-state index < -0.39 is 17.6 Å². The van der Waals surface area contributed by atoms with E-state index in [2.05, 4.69) is 22.6 Å². The zero-order chi connectivity index (χ0) is 32.4. The lowest BCUT2D eigenvalue weighted by Gasteiger charge is -2.29. The molecule has 8 nitrogen and oxygen atoms in total. The second kappa shape index (κ2) is 13.8. The van der Waals surface area contributed by atoms with E-state index in [1.165, 1.54) is 23.5 Å². The molecule has 4 aliphatic rings. The van der Waals surface area contributed by atoms with E-state index in [4.69, 9.17) is 9.57 Å². The highest BCUT2D eigenvalue weighted by Gasteiger charge is 2.61. The lowest BCUT2D eigenvalue weighted by Crippen LogP contribution is -2.46. The highest BCUT2D eigenvalue weighted by atomic mass is 32.1. The maximum Gasteiger partial charge on any atom is 0.274 e. The summed E-state index contributed by atoms with van der Waals surface area (Å²) in [6, 6.07) is 13.7. The zero-order valence-electron chi connectivity index (χ0n) is 26.6. The van der Waals surface area contributed by atoms with Gasteiger partial charge in [0.25, 0.3) is 11.1 Å². The number of amides is 2. The van der Waals surface area contributed by atoms with E-state index >= 15 is 0 Å². The SMILES string of the molecule is O=C1C[C@]2(C(=O)NOCC3CC3)C[C@@H]2/C=C\CCCCC[C@H](Cc2ccccc2)C(=O)N2C[C@H](Oc3nc4ccc(F)cc4s3)C[C@@H]12. The second-order valence-electron chi connectivity index (χ2n) is 13.8. The number of fused-ring (bicyclic) bond motifs is 3. The van der Waals surface area contributed by atoms with E-state index in [0.717, 1.165) is 50.5 Å². The largest absolute Gasteiger partial charge is 0.465 e. The summed E-state index contributed by atoms with van der Waals surface area (Å²) < 4.78 is 20.8. The molecule has 2 saturated carbocycles. The first kappa shape index (κ1) is 31.9. The molecule has 1 N–H and O–H groups in total. The number of rotatable bonds is 8. The Morgan fingerprint density at radius 3 is 2.77 bits per heavy atom. The second-order valence-corrected chi connectivity index (χ2v) is 14.8. The molecule has 3 heterocycles. The van der Waals surface area contributed by atoms with Gasteiger partial charge in [0.1, 0.15) is 11.9 Å². The number of aromatic nitrogens is 1. The zero-order valence-corrected chi connectivity index (χ0v) is 27.4. The van der Waals surface area contributed by atoms with Crippen LogP contribution in [-0.2, 0) is 25.6 Å². The van der Waals surface area contributed by atoms with Crippen LogP contribution in [0.4, 0.5) is 4.39 Å². The van der Waals surface area contributed by atoms with E-state index in [0.29, 0.717) is 47.2 Å². The highest BCUT2D eigenvalue weighted by Crippen LogP contribution is 2.57. The fourth-order valence-electron chi connectivity index (χ4n) is 7.21. The van der Waals surface area contributed by atoms with Crippen molar-refractivity contribution in [1.82, 2.24) is 15.4 Å². The summed E-state index contributed by atoms with van der Waals surface area (Å²) in [6.45, 7) is 0.735. The predicted octanol–water partition coefficient (Wildman–Crippen LogP) is 6.59. The molecular formula is C37H42FN3O5S. The first-order chi connectivity index (χ1) is 22.9. The summed E-state index contributed by atoms with van der Waals surface area (Å²) in [6.07, 6.45) is 12.1. The number of halogens is 1. The number of ether oxygens (including phenoxy) is 1. The normalized spacial score (nSPS) is 29.0. The maximum absolute atomic E-state index is 14.5. The Kier molecular flexibility index (Phi) is 9.41. The Morgan fingerprint density at radius 1 is 1.09 bits per heavy atom. The fourth-order valence-corrected chi connectivity index (χ4v) is 8.11. The van der Waals surface area contributed by atoms with Crippen LogP contribution in [0, 0.1) is 29.0 Å². The molecule has 0 spiro atoms. The van der Waals surface area contributed by atoms with Crippen molar-refractivity contribution in [2.24, 2.45) is 23.2 Å². The number of carbonyl (C=O) groups excluding carboxylic acids is 3. The molecule has 7 rings (SSSR count). The predicted molar refractivity (Wildman–Crippen MR) is 177 cm³/mol. The van der Waals surface area contributed by atoms with Crippen molar-refractivity contribution in [3.05, 3.63) is 72.1 Å². The molecule has 2 aliphatic heterocycles. The average Bonchev–Trinajstić information content (AvgIpc) is 3.93. The van der Waals surface area contributed by atoms with Gasteiger partial charge < -0.3 is 9.64 Å². The van der Waals surface area contributed by atoms with Gasteiger partial charge >= 0.3 is 0 Å². The van der Waals surface area contributed by atoms with Gasteiger partial charge in [-0.1, -0.05) is 66.7 Å². The van der Waals surface area contributed by atoms with Gasteiger partial charge in [-0.3, -0.25) is 19.2 Å². The Hall–Kier alpha value is -3.63. The van der Waals surface area contributed by atoms with Crippen LogP contribution in [0.2, 0.25) is 0 Å². The Bertz CT molecular complexity index is 1640. The summed E-state index contributed by atoms with van der Waals surface area (Å²) >= 11 is 1.25. The van der Waals surface area contributed by atoms with Gasteiger partial charge in [0, 0.05) is 18.8 Å². The maximum atomic E-state index is 14.5. The number of hydroxylamine groups is 1. The Balaban J connectivity index is 1.15. The van der Waals surface area contributed by atoms with Gasteiger partial charge in [-0.15, -0.1) is 0 Å². The summed E-state index contributed by atoms with van der Waals surface area (Å²) in [7, 11) is 0. The van der Waals surface area contributed by atoms with Crippen molar-refractivity contribution >= 4 is 39.2 Å². The van der Waals surface area contributed by atoms with Crippen LogP contribution in [0.3, 0.4) is 0 Å². The third-order valence-electron chi connectivity index (χ3n) is 10.2. The first-order valence-corrected chi connectivity index (χ1v) is 17.9. The van der Waals surface area contributed by atoms with E-state index in [9.17, 15) is 18.8 Å². The van der Waals surface area contributed by atoms with Crippen LogP contribution in [-0.4, -0.2) is 52.8 Å². The average molecular weight is 660 g/mol. The Labute approximate surface area is 278 Å². The molecule has 10 heteroatoms. The summed E-state index contributed by atoms with van der Waals surface area (Å²) in [5.41, 5.74) is 3.51. The van der Waals surface area contributed by atoms with Crippen molar-refractivity contribution in [3.8, 4) is 5.19 Å². The van der Waals surface area contributed by atoms with Crippen LogP contribution >= 0.6 is 11.3 Å². The molecule has 248 valence electrons. The van der Waals surface area contributed by atoms with Gasteiger partial charge in [-0.05, 0) is 80.5 Å². The minimum absolute atomic E-state index is 0.0333. The summed E-state index contributed by atoms with van der Waals surface area (Å²) in [4.78, 5) is 54.2. The van der Waals surface area contributed by atoms with Crippen LogP contribution in [0.1, 0.15) is 69.8 Å². The van der Waals surface area contributed by atoms with Crippen LogP contribution in [0.25, 0.3) is 10.2 Å². The lowest BCUT2D eigenvalue weighted by atomic mass is 9.90. The number of carbonyl (C=O) groups is 3. The highest BCUT2D eigenvalue weighted by molar-refractivity contribution is 7.20. The topological polar surface area (TPSA) is 97.8 Å². The molecule has 47 heavy (non-hydrogen) atoms. The van der Waals surface area contributed by atoms with Gasteiger partial charge in [-0.25, -0.2) is 14.9 Å². The number of allylic oxidation sites excluding steroid dienone is 2. The smallest absolute Gasteiger partial charge is 0.274 e. The molecule has 3 aromatic rings. The van der Waals surface area contributed by atoms with Gasteiger partial charge in [0.15, 0.2) is 5.78 Å². The van der Waals surface area contributed by atoms with Crippen molar-refractivity contribution in [1.29, 1.82) is 0 Å². The quantitative estimate of drug-likeness (QED) is 0.217. The lowest BCUT2D eigenvalue weighted by molar-refractivity contribution is -0.145. The number of nitrogens with zero attached hydrogens (tertiary/aromatic N) is 2. The third-order valence-corrected chi connectivity index (χ3v) is 11.1. The summed E-state index contributed by atoms with van der Waals surface area (Å²) in [5, 5.41) is 0.384. The molecule has 0 radical (unpaired) electrons. The molecule has 5 atom stereocenters. The molecule has 3 fully saturated rings. The summed E-state index contributed by atoms with van der Waals surface area (Å²) in [5.74, 6) is -0.603. The van der Waals surface area contributed by atoms with Gasteiger partial charge in [0.2, 0.25) is 5.91 Å². The number of hydrogen-bond acceptors (Lipinski definition) is 7. The van der Waals surface area contributed by atoms with Crippen molar-refractivity contribution in [3.63, 3.8) is 0 Å². The number of benzene rings is 2. The van der Waals surface area contributed by atoms with Gasteiger partial charge in [0.05, 0.1) is 34.8 Å². The van der Waals surface area contributed by atoms with E-state index in [-0.39, 0.29) is 48.2 Å². The standard InChI is InChI=1S/C37H42FN3O5S/c38-28-15-16-30-33(18-28)47-36(39-30)46-29-19-31-32(42)21-37(35(44)40-45-23-25-13-14-25)20-27(37)12-8-3-1-2-7-11-26(34(43)41(31)22-29)17-24-9-5-4-6-10-24/h4-6,8-10,12,15-16,18,25-27,29,31H,1-3,7,11,13-14,17,19-23H2,(H,40,44)/b12-8-/t26-,27+,29-,31+,37-/m1/s1. The molecular weight excluding hydrogens is 617 g/mol. The molecule has 0 unspecified atom stereocenters.